The lowest BCUT2D eigenvalue weighted by atomic mass is 9.87. The van der Waals surface area contributed by atoms with Gasteiger partial charge in [0.2, 0.25) is 6.29 Å². The molecule has 2 aromatic carbocycles. The van der Waals surface area contributed by atoms with Crippen molar-refractivity contribution in [2.24, 2.45) is 0 Å². The van der Waals surface area contributed by atoms with Crippen molar-refractivity contribution >= 4 is 0 Å². The van der Waals surface area contributed by atoms with Crippen molar-refractivity contribution in [1.82, 2.24) is 0 Å². The van der Waals surface area contributed by atoms with Gasteiger partial charge in [-0.3, -0.25) is 0 Å². The van der Waals surface area contributed by atoms with Gasteiger partial charge in [0, 0.05) is 12.3 Å². The van der Waals surface area contributed by atoms with Gasteiger partial charge in [0.1, 0.15) is 17.4 Å². The number of benzene rings is 2. The molecule has 5 nitrogen and oxygen atoms in total. The highest BCUT2D eigenvalue weighted by molar-refractivity contribution is 5.38. The standard InChI is InChI=1S/C22H23NO4/c1-15(16-9-11-18(24-2)12-10-16)26-21-13-19(17-7-5-4-6-8-17)20(14-23)22(25-3)27-21/h4-12,15,19,21H,13H2,1-3H3/t15?,19-,21+/m0/s1. The molecule has 0 amide bonds. The van der Waals surface area contributed by atoms with Gasteiger partial charge in [-0.2, -0.15) is 5.26 Å². The Bertz CT molecular complexity index is 824. The molecule has 0 spiro atoms. The van der Waals surface area contributed by atoms with Crippen LogP contribution in [0, 0.1) is 11.3 Å². The van der Waals surface area contributed by atoms with E-state index in [0.717, 1.165) is 16.9 Å². The molecule has 140 valence electrons. The van der Waals surface area contributed by atoms with Crippen molar-refractivity contribution < 1.29 is 18.9 Å². The molecule has 0 N–H and O–H groups in total. The molecule has 1 heterocycles. The molecule has 0 fully saturated rings. The van der Waals surface area contributed by atoms with E-state index in [9.17, 15) is 5.26 Å². The van der Waals surface area contributed by atoms with Gasteiger partial charge in [0.05, 0.1) is 20.3 Å². The Morgan fingerprint density at radius 1 is 1.04 bits per heavy atom. The first kappa shape index (κ1) is 18.8. The van der Waals surface area contributed by atoms with Gasteiger partial charge in [0.15, 0.2) is 0 Å². The average Bonchev–Trinajstić information content (AvgIpc) is 2.73. The third kappa shape index (κ3) is 4.24. The second kappa shape index (κ2) is 8.61. The van der Waals surface area contributed by atoms with Crippen molar-refractivity contribution in [3.63, 3.8) is 0 Å². The van der Waals surface area contributed by atoms with E-state index in [-0.39, 0.29) is 18.0 Å². The van der Waals surface area contributed by atoms with E-state index in [1.54, 1.807) is 7.11 Å². The normalized spacial score (nSPS) is 20.4. The SMILES string of the molecule is COC1=C(C#N)[C@H](c2ccccc2)C[C@H](OC(C)c2ccc(OC)cc2)O1. The van der Waals surface area contributed by atoms with Gasteiger partial charge in [0.25, 0.3) is 5.95 Å². The second-order valence-electron chi connectivity index (χ2n) is 6.31. The van der Waals surface area contributed by atoms with Gasteiger partial charge in [-0.05, 0) is 30.2 Å². The van der Waals surface area contributed by atoms with Gasteiger partial charge in [-0.1, -0.05) is 42.5 Å². The molecule has 0 bridgehead atoms. The van der Waals surface area contributed by atoms with Crippen molar-refractivity contribution in [3.05, 3.63) is 77.2 Å². The molecule has 0 aliphatic carbocycles. The molecule has 3 rings (SSSR count). The van der Waals surface area contributed by atoms with Crippen molar-refractivity contribution in [3.8, 4) is 11.8 Å². The summed E-state index contributed by atoms with van der Waals surface area (Å²) in [5, 5.41) is 9.60. The van der Waals surface area contributed by atoms with Gasteiger partial charge in [-0.15, -0.1) is 0 Å². The number of methoxy groups -OCH3 is 2. The van der Waals surface area contributed by atoms with E-state index < -0.39 is 6.29 Å². The van der Waals surface area contributed by atoms with Gasteiger partial charge < -0.3 is 18.9 Å². The molecule has 2 aromatic rings. The summed E-state index contributed by atoms with van der Waals surface area (Å²) in [4.78, 5) is 0. The summed E-state index contributed by atoms with van der Waals surface area (Å²) in [6, 6.07) is 19.9. The lowest BCUT2D eigenvalue weighted by molar-refractivity contribution is -0.183. The number of hydrogen-bond acceptors (Lipinski definition) is 5. The molecular formula is C22H23NO4. The van der Waals surface area contributed by atoms with Crippen LogP contribution < -0.4 is 4.74 Å². The third-order valence-corrected chi connectivity index (χ3v) is 4.68. The van der Waals surface area contributed by atoms with E-state index in [0.29, 0.717) is 12.0 Å². The summed E-state index contributed by atoms with van der Waals surface area (Å²) in [5.41, 5.74) is 2.54. The topological polar surface area (TPSA) is 60.7 Å². The Morgan fingerprint density at radius 2 is 1.74 bits per heavy atom. The van der Waals surface area contributed by atoms with Crippen LogP contribution in [-0.4, -0.2) is 20.5 Å². The Balaban J connectivity index is 1.80. The maximum Gasteiger partial charge on any atom is 0.296 e. The molecule has 0 saturated heterocycles. The first-order chi connectivity index (χ1) is 13.2. The molecule has 1 aliphatic rings. The Labute approximate surface area is 159 Å². The fraction of sp³-hybridized carbons (Fsp3) is 0.318. The van der Waals surface area contributed by atoms with Crippen molar-refractivity contribution in [2.45, 2.75) is 31.7 Å². The van der Waals surface area contributed by atoms with Crippen LogP contribution in [0.5, 0.6) is 5.75 Å². The predicted molar refractivity (Wildman–Crippen MR) is 101 cm³/mol. The molecule has 1 aliphatic heterocycles. The maximum absolute atomic E-state index is 9.60. The molecule has 0 radical (unpaired) electrons. The minimum atomic E-state index is -0.514. The highest BCUT2D eigenvalue weighted by atomic mass is 16.8. The van der Waals surface area contributed by atoms with Gasteiger partial charge >= 0.3 is 0 Å². The van der Waals surface area contributed by atoms with E-state index in [1.165, 1.54) is 7.11 Å². The summed E-state index contributed by atoms with van der Waals surface area (Å²) in [5.74, 6) is 0.893. The molecular weight excluding hydrogens is 342 g/mol. The number of nitriles is 1. The zero-order valence-electron chi connectivity index (χ0n) is 15.7. The number of hydrogen-bond donors (Lipinski definition) is 0. The van der Waals surface area contributed by atoms with Crippen LogP contribution in [-0.2, 0) is 14.2 Å². The maximum atomic E-state index is 9.60. The zero-order valence-corrected chi connectivity index (χ0v) is 15.7. The first-order valence-corrected chi connectivity index (χ1v) is 8.85. The highest BCUT2D eigenvalue weighted by Gasteiger charge is 2.34. The van der Waals surface area contributed by atoms with Crippen LogP contribution in [0.4, 0.5) is 0 Å². The third-order valence-electron chi connectivity index (χ3n) is 4.68. The monoisotopic (exact) mass is 365 g/mol. The smallest absolute Gasteiger partial charge is 0.296 e. The first-order valence-electron chi connectivity index (χ1n) is 8.85. The van der Waals surface area contributed by atoms with Crippen LogP contribution in [0.25, 0.3) is 0 Å². The Morgan fingerprint density at radius 3 is 2.33 bits per heavy atom. The summed E-state index contributed by atoms with van der Waals surface area (Å²) in [7, 11) is 3.14. The Hall–Kier alpha value is -2.97. The van der Waals surface area contributed by atoms with Gasteiger partial charge in [-0.25, -0.2) is 0 Å². The quantitative estimate of drug-likeness (QED) is 0.743. The van der Waals surface area contributed by atoms with E-state index >= 15 is 0 Å². The molecule has 0 aromatic heterocycles. The summed E-state index contributed by atoms with van der Waals surface area (Å²) in [6.07, 6.45) is -0.154. The average molecular weight is 365 g/mol. The van der Waals surface area contributed by atoms with Crippen molar-refractivity contribution in [1.29, 1.82) is 5.26 Å². The van der Waals surface area contributed by atoms with E-state index in [1.807, 2.05) is 61.5 Å². The van der Waals surface area contributed by atoms with Crippen LogP contribution in [0.3, 0.4) is 0 Å². The predicted octanol–water partition coefficient (Wildman–Crippen LogP) is 4.68. The van der Waals surface area contributed by atoms with Crippen molar-refractivity contribution in [2.75, 3.05) is 14.2 Å². The largest absolute Gasteiger partial charge is 0.497 e. The summed E-state index contributed by atoms with van der Waals surface area (Å²) in [6.45, 7) is 1.97. The fourth-order valence-corrected chi connectivity index (χ4v) is 3.22. The lowest BCUT2D eigenvalue weighted by Crippen LogP contribution is -2.28. The second-order valence-corrected chi connectivity index (χ2v) is 6.31. The van der Waals surface area contributed by atoms with Crippen LogP contribution in [0.15, 0.2) is 66.1 Å². The molecule has 3 atom stereocenters. The highest BCUT2D eigenvalue weighted by Crippen LogP contribution is 2.38. The molecule has 27 heavy (non-hydrogen) atoms. The number of nitrogens with zero attached hydrogens (tertiary/aromatic N) is 1. The zero-order chi connectivity index (χ0) is 19.2. The van der Waals surface area contributed by atoms with Crippen LogP contribution in [0.2, 0.25) is 0 Å². The van der Waals surface area contributed by atoms with Crippen LogP contribution in [0.1, 0.15) is 36.5 Å². The fourth-order valence-electron chi connectivity index (χ4n) is 3.22. The van der Waals surface area contributed by atoms with Crippen LogP contribution >= 0.6 is 0 Å². The summed E-state index contributed by atoms with van der Waals surface area (Å²) >= 11 is 0. The van der Waals surface area contributed by atoms with E-state index in [4.69, 9.17) is 18.9 Å². The number of allylic oxidation sites excluding steroid dienone is 1. The minimum Gasteiger partial charge on any atom is -0.497 e. The number of ether oxygens (including phenoxy) is 4. The minimum absolute atomic E-state index is 0.132. The molecule has 5 heteroatoms. The van der Waals surface area contributed by atoms with E-state index in [2.05, 4.69) is 6.07 Å². The summed E-state index contributed by atoms with van der Waals surface area (Å²) < 4.78 is 22.5. The Kier molecular flexibility index (Phi) is 6.00. The molecule has 0 saturated carbocycles. The number of rotatable bonds is 6. The molecule has 1 unspecified atom stereocenters. The lowest BCUT2D eigenvalue weighted by Gasteiger charge is -2.32.